The zero-order valence-electron chi connectivity index (χ0n) is 10.5. The molecule has 0 unspecified atom stereocenters. The molecular formula is C14H9BrClNO3S. The number of nitrogens with one attached hydrogen (secondary N) is 1. The van der Waals surface area contributed by atoms with Gasteiger partial charge in [0.25, 0.3) is 5.91 Å². The molecule has 1 aromatic carbocycles. The maximum absolute atomic E-state index is 12.3. The Hall–Kier alpha value is -1.21. The molecule has 0 bridgehead atoms. The number of fused-ring (bicyclic) bond motifs is 1. The van der Waals surface area contributed by atoms with Crippen molar-refractivity contribution in [2.24, 2.45) is 0 Å². The number of rotatable bonds is 3. The molecule has 2 N–H and O–H groups in total. The summed E-state index contributed by atoms with van der Waals surface area (Å²) in [4.78, 5) is 24.8. The molecule has 2 heterocycles. The molecule has 3 rings (SSSR count). The number of thiophene rings is 1. The summed E-state index contributed by atoms with van der Waals surface area (Å²) in [6.07, 6.45) is -0.320. The van der Waals surface area contributed by atoms with E-state index in [0.29, 0.717) is 21.2 Å². The Morgan fingerprint density at radius 2 is 2.14 bits per heavy atom. The van der Waals surface area contributed by atoms with Crippen LogP contribution in [0.15, 0.2) is 34.1 Å². The Balaban J connectivity index is 1.96. The number of hydrogen-bond donors (Lipinski definition) is 2. The Kier molecular flexibility index (Phi) is 3.65. The van der Waals surface area contributed by atoms with E-state index in [1.807, 2.05) is 0 Å². The third-order valence-corrected chi connectivity index (χ3v) is 5.22. The minimum atomic E-state index is -1.88. The first-order chi connectivity index (χ1) is 9.90. The third kappa shape index (κ3) is 2.53. The summed E-state index contributed by atoms with van der Waals surface area (Å²) >= 11 is 10.5. The number of ketones is 1. The lowest BCUT2D eigenvalue weighted by Gasteiger charge is -2.19. The van der Waals surface area contributed by atoms with Crippen LogP contribution >= 0.6 is 38.9 Å². The average molecular weight is 387 g/mol. The molecule has 108 valence electrons. The van der Waals surface area contributed by atoms with Gasteiger partial charge in [0.1, 0.15) is 0 Å². The Morgan fingerprint density at radius 3 is 2.81 bits per heavy atom. The van der Waals surface area contributed by atoms with E-state index in [2.05, 4.69) is 21.2 Å². The quantitative estimate of drug-likeness (QED) is 0.793. The highest BCUT2D eigenvalue weighted by molar-refractivity contribution is 9.11. The third-order valence-electron chi connectivity index (χ3n) is 3.32. The highest BCUT2D eigenvalue weighted by atomic mass is 79.9. The molecule has 1 aliphatic heterocycles. The van der Waals surface area contributed by atoms with E-state index >= 15 is 0 Å². The minimum absolute atomic E-state index is 0.295. The number of amides is 1. The van der Waals surface area contributed by atoms with Crippen LogP contribution in [0.1, 0.15) is 21.7 Å². The van der Waals surface area contributed by atoms with Crippen molar-refractivity contribution in [3.63, 3.8) is 0 Å². The zero-order valence-corrected chi connectivity index (χ0v) is 13.7. The van der Waals surface area contributed by atoms with Gasteiger partial charge in [0.15, 0.2) is 11.4 Å². The molecule has 0 saturated carbocycles. The van der Waals surface area contributed by atoms with Gasteiger partial charge in [-0.1, -0.05) is 11.6 Å². The van der Waals surface area contributed by atoms with Gasteiger partial charge in [-0.25, -0.2) is 0 Å². The summed E-state index contributed by atoms with van der Waals surface area (Å²) in [6.45, 7) is 0. The van der Waals surface area contributed by atoms with Crippen molar-refractivity contribution in [2.45, 2.75) is 12.0 Å². The van der Waals surface area contributed by atoms with Crippen LogP contribution in [0, 0.1) is 0 Å². The van der Waals surface area contributed by atoms with Crippen LogP contribution in [0.5, 0.6) is 0 Å². The molecule has 0 saturated heterocycles. The fourth-order valence-corrected chi connectivity index (χ4v) is 3.77. The lowest BCUT2D eigenvalue weighted by atomic mass is 9.89. The summed E-state index contributed by atoms with van der Waals surface area (Å²) in [5, 5.41) is 13.6. The van der Waals surface area contributed by atoms with E-state index < -0.39 is 11.5 Å². The van der Waals surface area contributed by atoms with Crippen LogP contribution < -0.4 is 5.32 Å². The number of hydrogen-bond acceptors (Lipinski definition) is 4. The van der Waals surface area contributed by atoms with Gasteiger partial charge in [-0.2, -0.15) is 0 Å². The molecule has 2 aromatic rings. The molecule has 0 radical (unpaired) electrons. The first kappa shape index (κ1) is 14.7. The molecule has 0 aliphatic carbocycles. The van der Waals surface area contributed by atoms with Crippen molar-refractivity contribution in [3.8, 4) is 0 Å². The van der Waals surface area contributed by atoms with E-state index in [9.17, 15) is 14.7 Å². The molecule has 21 heavy (non-hydrogen) atoms. The Morgan fingerprint density at radius 1 is 1.38 bits per heavy atom. The normalized spacial score (nSPS) is 20.2. The highest BCUT2D eigenvalue weighted by Crippen LogP contribution is 2.40. The summed E-state index contributed by atoms with van der Waals surface area (Å²) in [7, 11) is 0. The number of carbonyl (C=O) groups excluding carboxylic acids is 2. The molecule has 1 amide bonds. The number of halogens is 2. The van der Waals surface area contributed by atoms with Crippen LogP contribution in [-0.4, -0.2) is 16.8 Å². The Bertz CT molecular complexity index is 760. The van der Waals surface area contributed by atoms with E-state index in [4.69, 9.17) is 11.6 Å². The number of Topliss-reactive ketones (excluding diaryl/α,β-unsaturated/α-hetero) is 1. The van der Waals surface area contributed by atoms with Gasteiger partial charge < -0.3 is 10.4 Å². The topological polar surface area (TPSA) is 66.4 Å². The zero-order chi connectivity index (χ0) is 15.2. The van der Waals surface area contributed by atoms with E-state index in [1.165, 1.54) is 17.4 Å². The molecule has 0 spiro atoms. The van der Waals surface area contributed by atoms with Crippen LogP contribution in [0.25, 0.3) is 0 Å². The first-order valence-corrected chi connectivity index (χ1v) is 8.01. The summed E-state index contributed by atoms with van der Waals surface area (Å²) < 4.78 is 0.817. The van der Waals surface area contributed by atoms with E-state index in [-0.39, 0.29) is 12.2 Å². The predicted molar refractivity (Wildman–Crippen MR) is 84.9 cm³/mol. The second kappa shape index (κ2) is 5.21. The minimum Gasteiger partial charge on any atom is -0.375 e. The molecule has 4 nitrogen and oxygen atoms in total. The van der Waals surface area contributed by atoms with Gasteiger partial charge in [0.2, 0.25) is 0 Å². The molecule has 1 aliphatic rings. The van der Waals surface area contributed by atoms with Crippen molar-refractivity contribution in [1.82, 2.24) is 0 Å². The summed E-state index contributed by atoms with van der Waals surface area (Å²) in [5.41, 5.74) is -1.07. The van der Waals surface area contributed by atoms with Gasteiger partial charge in [0, 0.05) is 16.3 Å². The smallest absolute Gasteiger partial charge is 0.261 e. The molecule has 0 fully saturated rings. The molecule has 7 heteroatoms. The van der Waals surface area contributed by atoms with Crippen molar-refractivity contribution in [1.29, 1.82) is 0 Å². The number of aliphatic hydroxyl groups is 1. The van der Waals surface area contributed by atoms with Crippen LogP contribution in [0.4, 0.5) is 5.69 Å². The van der Waals surface area contributed by atoms with Crippen molar-refractivity contribution in [2.75, 3.05) is 5.32 Å². The average Bonchev–Trinajstić information content (AvgIpc) is 2.95. The van der Waals surface area contributed by atoms with Gasteiger partial charge in [-0.05, 0) is 46.3 Å². The summed E-state index contributed by atoms with van der Waals surface area (Å²) in [6, 6.07) is 8.14. The molecular weight excluding hydrogens is 378 g/mol. The number of anilines is 1. The van der Waals surface area contributed by atoms with Gasteiger partial charge in [0.05, 0.1) is 15.1 Å². The van der Waals surface area contributed by atoms with Crippen molar-refractivity contribution >= 4 is 56.2 Å². The maximum Gasteiger partial charge on any atom is 0.261 e. The van der Waals surface area contributed by atoms with E-state index in [0.717, 1.165) is 3.79 Å². The van der Waals surface area contributed by atoms with Crippen molar-refractivity contribution < 1.29 is 14.7 Å². The maximum atomic E-state index is 12.3. The van der Waals surface area contributed by atoms with Gasteiger partial charge in [-0.15, -0.1) is 11.3 Å². The first-order valence-electron chi connectivity index (χ1n) is 6.02. The Labute approximate surface area is 137 Å². The van der Waals surface area contributed by atoms with Crippen LogP contribution in [0.2, 0.25) is 5.02 Å². The van der Waals surface area contributed by atoms with Gasteiger partial charge in [-0.3, -0.25) is 9.59 Å². The van der Waals surface area contributed by atoms with Crippen LogP contribution in [0.3, 0.4) is 0 Å². The SMILES string of the molecule is O=C(C[C@]1(O)C(=O)Nc2ccc(Cl)cc21)c1ccc(Br)s1. The molecule has 1 atom stereocenters. The lowest BCUT2D eigenvalue weighted by molar-refractivity contribution is -0.133. The lowest BCUT2D eigenvalue weighted by Crippen LogP contribution is -2.36. The molecule has 1 aromatic heterocycles. The van der Waals surface area contributed by atoms with Gasteiger partial charge >= 0.3 is 0 Å². The number of benzene rings is 1. The summed E-state index contributed by atoms with van der Waals surface area (Å²) in [5.74, 6) is -0.903. The number of carbonyl (C=O) groups is 2. The second-order valence-corrected chi connectivity index (χ2v) is 7.61. The second-order valence-electron chi connectivity index (χ2n) is 4.71. The highest BCUT2D eigenvalue weighted by Gasteiger charge is 2.47. The monoisotopic (exact) mass is 385 g/mol. The van der Waals surface area contributed by atoms with Crippen LogP contribution in [-0.2, 0) is 10.4 Å². The standard InChI is InChI=1S/C14H9BrClNO3S/c15-12-4-3-11(21-12)10(18)6-14(20)8-5-7(16)1-2-9(8)17-13(14)19/h1-5,20H,6H2,(H,17,19)/t14-/m1/s1. The fourth-order valence-electron chi connectivity index (χ4n) is 2.27. The van der Waals surface area contributed by atoms with Crippen molar-refractivity contribution in [3.05, 3.63) is 49.6 Å². The fraction of sp³-hybridized carbons (Fsp3) is 0.143. The van der Waals surface area contributed by atoms with E-state index in [1.54, 1.807) is 24.3 Å². The predicted octanol–water partition coefficient (Wildman–Crippen LogP) is 3.58. The largest absolute Gasteiger partial charge is 0.375 e.